The van der Waals surface area contributed by atoms with E-state index in [1.165, 1.54) is 6.20 Å². The highest BCUT2D eigenvalue weighted by atomic mass is 16.2. The van der Waals surface area contributed by atoms with E-state index >= 15 is 0 Å². The molecule has 26 heavy (non-hydrogen) atoms. The monoisotopic (exact) mass is 351 g/mol. The van der Waals surface area contributed by atoms with Crippen LogP contribution in [0.2, 0.25) is 0 Å². The molecule has 0 bridgehead atoms. The second kappa shape index (κ2) is 8.13. The average Bonchev–Trinajstić information content (AvgIpc) is 2.68. The zero-order valence-corrected chi connectivity index (χ0v) is 15.4. The van der Waals surface area contributed by atoms with Crippen molar-refractivity contribution in [3.05, 3.63) is 65.5 Å². The molecular formula is C21H25N3O2. The molecule has 136 valence electrons. The minimum atomic E-state index is -0.136. The van der Waals surface area contributed by atoms with E-state index in [4.69, 9.17) is 0 Å². The van der Waals surface area contributed by atoms with Crippen molar-refractivity contribution >= 4 is 11.8 Å². The summed E-state index contributed by atoms with van der Waals surface area (Å²) in [5, 5.41) is 0. The van der Waals surface area contributed by atoms with Gasteiger partial charge in [0.1, 0.15) is 0 Å². The molecule has 1 aliphatic rings. The first-order chi connectivity index (χ1) is 12.5. The van der Waals surface area contributed by atoms with E-state index in [0.29, 0.717) is 23.6 Å². The van der Waals surface area contributed by atoms with Gasteiger partial charge in [-0.05, 0) is 30.4 Å². The summed E-state index contributed by atoms with van der Waals surface area (Å²) in [4.78, 5) is 33.0. The second-order valence-electron chi connectivity index (χ2n) is 7.08. The van der Waals surface area contributed by atoms with E-state index in [2.05, 4.69) is 11.9 Å². The van der Waals surface area contributed by atoms with Crippen LogP contribution in [0.25, 0.3) is 0 Å². The van der Waals surface area contributed by atoms with Crippen LogP contribution in [0.1, 0.15) is 46.0 Å². The first kappa shape index (κ1) is 18.1. The van der Waals surface area contributed by atoms with Gasteiger partial charge in [0.05, 0.1) is 11.1 Å². The van der Waals surface area contributed by atoms with E-state index in [0.717, 1.165) is 31.5 Å². The van der Waals surface area contributed by atoms with Crippen molar-refractivity contribution in [1.82, 2.24) is 14.8 Å². The topological polar surface area (TPSA) is 53.5 Å². The van der Waals surface area contributed by atoms with Crippen LogP contribution >= 0.6 is 0 Å². The third-order valence-corrected chi connectivity index (χ3v) is 4.91. The first-order valence-electron chi connectivity index (χ1n) is 9.08. The van der Waals surface area contributed by atoms with E-state index in [1.54, 1.807) is 24.2 Å². The summed E-state index contributed by atoms with van der Waals surface area (Å²) in [5.41, 5.74) is 1.99. The number of benzene rings is 1. The van der Waals surface area contributed by atoms with Gasteiger partial charge in [-0.25, -0.2) is 0 Å². The van der Waals surface area contributed by atoms with E-state index in [9.17, 15) is 9.59 Å². The number of piperidine rings is 1. The van der Waals surface area contributed by atoms with Crippen molar-refractivity contribution < 1.29 is 9.59 Å². The number of carbonyl (C=O) groups excluding carboxylic acids is 2. The highest BCUT2D eigenvalue weighted by Gasteiger charge is 2.23. The summed E-state index contributed by atoms with van der Waals surface area (Å²) in [5.74, 6) is 0.491. The summed E-state index contributed by atoms with van der Waals surface area (Å²) < 4.78 is 0. The molecule has 0 unspecified atom stereocenters. The molecule has 1 aromatic heterocycles. The molecule has 2 aromatic rings. The quantitative estimate of drug-likeness (QED) is 0.850. The lowest BCUT2D eigenvalue weighted by Gasteiger charge is -2.30. The van der Waals surface area contributed by atoms with Crippen molar-refractivity contribution in [2.75, 3.05) is 20.1 Å². The normalized spacial score (nSPS) is 14.9. The summed E-state index contributed by atoms with van der Waals surface area (Å²) >= 11 is 0. The van der Waals surface area contributed by atoms with Gasteiger partial charge in [0, 0.05) is 39.1 Å². The lowest BCUT2D eigenvalue weighted by Crippen LogP contribution is -2.38. The Kier molecular flexibility index (Phi) is 5.66. The fourth-order valence-electron chi connectivity index (χ4n) is 3.22. The van der Waals surface area contributed by atoms with Gasteiger partial charge < -0.3 is 9.80 Å². The third-order valence-electron chi connectivity index (χ3n) is 4.91. The van der Waals surface area contributed by atoms with Gasteiger partial charge in [-0.1, -0.05) is 37.3 Å². The van der Waals surface area contributed by atoms with E-state index in [1.807, 2.05) is 35.2 Å². The molecule has 0 atom stereocenters. The van der Waals surface area contributed by atoms with E-state index in [-0.39, 0.29) is 11.8 Å². The van der Waals surface area contributed by atoms with Crippen LogP contribution in [0.4, 0.5) is 0 Å². The van der Waals surface area contributed by atoms with Gasteiger partial charge in [-0.3, -0.25) is 14.6 Å². The zero-order valence-electron chi connectivity index (χ0n) is 15.4. The van der Waals surface area contributed by atoms with Crippen LogP contribution in [0.3, 0.4) is 0 Å². The number of amides is 2. The second-order valence-corrected chi connectivity index (χ2v) is 7.08. The number of aromatic nitrogens is 1. The molecule has 0 aliphatic carbocycles. The Morgan fingerprint density at radius 2 is 1.77 bits per heavy atom. The standard InChI is InChI=1S/C21H25N3O2/c1-16-8-10-24(11-9-16)21(26)19-12-18(13-22-14-19)20(25)23(2)15-17-6-4-3-5-7-17/h3-7,12-14,16H,8-11,15H2,1-2H3. The molecule has 0 N–H and O–H groups in total. The predicted molar refractivity (Wildman–Crippen MR) is 101 cm³/mol. The van der Waals surface area contributed by atoms with Crippen LogP contribution in [-0.4, -0.2) is 46.7 Å². The Bertz CT molecular complexity index is 768. The smallest absolute Gasteiger partial charge is 0.255 e. The Morgan fingerprint density at radius 1 is 1.12 bits per heavy atom. The van der Waals surface area contributed by atoms with Gasteiger partial charge in [0.2, 0.25) is 0 Å². The van der Waals surface area contributed by atoms with Gasteiger partial charge >= 0.3 is 0 Å². The molecule has 0 spiro atoms. The van der Waals surface area contributed by atoms with Crippen LogP contribution in [0.5, 0.6) is 0 Å². The molecule has 1 aromatic carbocycles. The van der Waals surface area contributed by atoms with Gasteiger partial charge in [-0.2, -0.15) is 0 Å². The number of rotatable bonds is 4. The Morgan fingerprint density at radius 3 is 2.46 bits per heavy atom. The molecule has 1 saturated heterocycles. The number of hydrogen-bond donors (Lipinski definition) is 0. The summed E-state index contributed by atoms with van der Waals surface area (Å²) in [7, 11) is 1.76. The van der Waals surface area contributed by atoms with E-state index < -0.39 is 0 Å². The van der Waals surface area contributed by atoms with Crippen molar-refractivity contribution in [3.8, 4) is 0 Å². The zero-order chi connectivity index (χ0) is 18.5. The summed E-state index contributed by atoms with van der Waals surface area (Å²) in [6, 6.07) is 11.5. The number of hydrogen-bond acceptors (Lipinski definition) is 3. The maximum Gasteiger partial charge on any atom is 0.255 e. The number of nitrogens with zero attached hydrogens (tertiary/aromatic N) is 3. The van der Waals surface area contributed by atoms with Crippen molar-refractivity contribution in [2.45, 2.75) is 26.3 Å². The summed E-state index contributed by atoms with van der Waals surface area (Å²) in [6.07, 6.45) is 5.13. The minimum Gasteiger partial charge on any atom is -0.339 e. The highest BCUT2D eigenvalue weighted by molar-refractivity contribution is 5.99. The van der Waals surface area contributed by atoms with Crippen LogP contribution in [0, 0.1) is 5.92 Å². The number of carbonyl (C=O) groups is 2. The Labute approximate surface area is 154 Å². The molecule has 2 amide bonds. The highest BCUT2D eigenvalue weighted by Crippen LogP contribution is 2.18. The fourth-order valence-corrected chi connectivity index (χ4v) is 3.22. The number of pyridine rings is 1. The summed E-state index contributed by atoms with van der Waals surface area (Å²) in [6.45, 7) is 4.27. The molecule has 5 heteroatoms. The SMILES string of the molecule is CC1CCN(C(=O)c2cncc(C(=O)N(C)Cc3ccccc3)c2)CC1. The van der Waals surface area contributed by atoms with Crippen LogP contribution < -0.4 is 0 Å². The third kappa shape index (κ3) is 4.28. The Balaban J connectivity index is 1.70. The molecule has 3 rings (SSSR count). The minimum absolute atomic E-state index is 0.0373. The Hall–Kier alpha value is -2.69. The van der Waals surface area contributed by atoms with Crippen molar-refractivity contribution in [2.24, 2.45) is 5.92 Å². The van der Waals surface area contributed by atoms with Gasteiger partial charge in [0.25, 0.3) is 11.8 Å². The molecule has 5 nitrogen and oxygen atoms in total. The predicted octanol–water partition coefficient (Wildman–Crippen LogP) is 3.23. The molecular weight excluding hydrogens is 326 g/mol. The lowest BCUT2D eigenvalue weighted by atomic mass is 9.98. The first-order valence-corrected chi connectivity index (χ1v) is 9.08. The lowest BCUT2D eigenvalue weighted by molar-refractivity contribution is 0.0696. The fraction of sp³-hybridized carbons (Fsp3) is 0.381. The van der Waals surface area contributed by atoms with Crippen LogP contribution in [-0.2, 0) is 6.54 Å². The number of likely N-dealkylation sites (tertiary alicyclic amines) is 1. The molecule has 0 radical (unpaired) electrons. The van der Waals surface area contributed by atoms with Gasteiger partial charge in [0.15, 0.2) is 0 Å². The largest absolute Gasteiger partial charge is 0.339 e. The van der Waals surface area contributed by atoms with Crippen molar-refractivity contribution in [1.29, 1.82) is 0 Å². The van der Waals surface area contributed by atoms with Gasteiger partial charge in [-0.15, -0.1) is 0 Å². The molecule has 1 aliphatic heterocycles. The maximum absolute atomic E-state index is 12.7. The van der Waals surface area contributed by atoms with Crippen molar-refractivity contribution in [3.63, 3.8) is 0 Å². The van der Waals surface area contributed by atoms with Crippen LogP contribution in [0.15, 0.2) is 48.8 Å². The molecule has 0 saturated carbocycles. The maximum atomic E-state index is 12.7. The molecule has 2 heterocycles. The average molecular weight is 351 g/mol. The molecule has 1 fully saturated rings.